The second-order valence-electron chi connectivity index (χ2n) is 5.80. The third-order valence-corrected chi connectivity index (χ3v) is 4.71. The van der Waals surface area contributed by atoms with Gasteiger partial charge in [-0.1, -0.05) is 29.8 Å². The van der Waals surface area contributed by atoms with Crippen molar-refractivity contribution >= 4 is 29.3 Å². The van der Waals surface area contributed by atoms with Gasteiger partial charge in [0, 0.05) is 10.6 Å². The molecule has 0 saturated heterocycles. The first kappa shape index (κ1) is 19.5. The van der Waals surface area contributed by atoms with Crippen LogP contribution in [-0.2, 0) is 20.7 Å². The predicted octanol–water partition coefficient (Wildman–Crippen LogP) is 3.64. The van der Waals surface area contributed by atoms with E-state index in [1.54, 1.807) is 24.3 Å². The first-order chi connectivity index (χ1) is 12.5. The number of esters is 1. The third-order valence-electron chi connectivity index (χ3n) is 3.57. The van der Waals surface area contributed by atoms with Crippen LogP contribution in [0.2, 0.25) is 0 Å². The lowest BCUT2D eigenvalue weighted by Gasteiger charge is -2.08. The molecule has 0 spiro atoms. The monoisotopic (exact) mass is 368 g/mol. The number of ether oxygens (including phenoxy) is 1. The molecule has 0 aliphatic rings. The Morgan fingerprint density at radius 3 is 2.58 bits per heavy atom. The summed E-state index contributed by atoms with van der Waals surface area (Å²) in [5.74, 6) is -0.681. The molecule has 2 aromatic rings. The summed E-state index contributed by atoms with van der Waals surface area (Å²) in [6, 6.07) is 15.1. The number of aryl methyl sites for hydroxylation is 2. The molecule has 26 heavy (non-hydrogen) atoms. The summed E-state index contributed by atoms with van der Waals surface area (Å²) in [6.07, 6.45) is 0.323. The van der Waals surface area contributed by atoms with Gasteiger partial charge in [0.05, 0.1) is 18.2 Å². The highest BCUT2D eigenvalue weighted by Gasteiger charge is 2.10. The standard InChI is InChI=1S/C20H20N2O3S/c1-14-3-4-15(2)18(11-14)26-13-20(24)25-12-19(23)22-17-7-5-16(6-8-17)9-10-21/h3-8,11H,9,12-13H2,1-2H3,(H,22,23). The molecule has 0 unspecified atom stereocenters. The lowest BCUT2D eigenvalue weighted by Crippen LogP contribution is -2.21. The highest BCUT2D eigenvalue weighted by atomic mass is 32.2. The molecule has 6 heteroatoms. The Morgan fingerprint density at radius 1 is 1.15 bits per heavy atom. The van der Waals surface area contributed by atoms with Crippen LogP contribution < -0.4 is 5.32 Å². The molecule has 0 aliphatic carbocycles. The van der Waals surface area contributed by atoms with Crippen molar-refractivity contribution in [2.24, 2.45) is 0 Å². The van der Waals surface area contributed by atoms with Gasteiger partial charge in [-0.15, -0.1) is 11.8 Å². The van der Waals surface area contributed by atoms with Crippen LogP contribution in [0, 0.1) is 25.2 Å². The molecule has 0 aliphatic heterocycles. The van der Waals surface area contributed by atoms with Crippen LogP contribution in [0.4, 0.5) is 5.69 Å². The zero-order valence-corrected chi connectivity index (χ0v) is 15.6. The highest BCUT2D eigenvalue weighted by Crippen LogP contribution is 2.23. The summed E-state index contributed by atoms with van der Waals surface area (Å²) in [6.45, 7) is 3.66. The first-order valence-electron chi connectivity index (χ1n) is 8.09. The fourth-order valence-electron chi connectivity index (χ4n) is 2.18. The van der Waals surface area contributed by atoms with E-state index < -0.39 is 11.9 Å². The summed E-state index contributed by atoms with van der Waals surface area (Å²) < 4.78 is 5.02. The Kier molecular flexibility index (Phi) is 7.24. The van der Waals surface area contributed by atoms with Crippen molar-refractivity contribution in [3.8, 4) is 6.07 Å². The number of nitrogens with zero attached hydrogens (tertiary/aromatic N) is 1. The predicted molar refractivity (Wildman–Crippen MR) is 102 cm³/mol. The van der Waals surface area contributed by atoms with Crippen molar-refractivity contribution in [1.82, 2.24) is 0 Å². The summed E-state index contributed by atoms with van der Waals surface area (Å²) >= 11 is 1.40. The van der Waals surface area contributed by atoms with E-state index in [9.17, 15) is 9.59 Å². The fourth-order valence-corrected chi connectivity index (χ4v) is 3.10. The van der Waals surface area contributed by atoms with E-state index in [2.05, 4.69) is 11.4 Å². The van der Waals surface area contributed by atoms with Crippen LogP contribution in [0.1, 0.15) is 16.7 Å². The number of anilines is 1. The minimum Gasteiger partial charge on any atom is -0.455 e. The van der Waals surface area contributed by atoms with Crippen LogP contribution in [0.3, 0.4) is 0 Å². The number of benzene rings is 2. The summed E-state index contributed by atoms with van der Waals surface area (Å²) in [7, 11) is 0. The number of hydrogen-bond acceptors (Lipinski definition) is 5. The number of hydrogen-bond donors (Lipinski definition) is 1. The second kappa shape index (κ2) is 9.64. The maximum atomic E-state index is 11.9. The Bertz CT molecular complexity index is 826. The largest absolute Gasteiger partial charge is 0.455 e. The van der Waals surface area contributed by atoms with Gasteiger partial charge in [-0.3, -0.25) is 9.59 Å². The maximum Gasteiger partial charge on any atom is 0.316 e. The zero-order valence-electron chi connectivity index (χ0n) is 14.7. The highest BCUT2D eigenvalue weighted by molar-refractivity contribution is 8.00. The van der Waals surface area contributed by atoms with Gasteiger partial charge in [-0.05, 0) is 43.2 Å². The number of carbonyl (C=O) groups excluding carboxylic acids is 2. The van der Waals surface area contributed by atoms with Crippen molar-refractivity contribution in [3.05, 3.63) is 59.2 Å². The van der Waals surface area contributed by atoms with Gasteiger partial charge in [0.2, 0.25) is 0 Å². The quantitative estimate of drug-likeness (QED) is 0.596. The molecule has 0 atom stereocenters. The van der Waals surface area contributed by atoms with Crippen LogP contribution in [0.15, 0.2) is 47.4 Å². The summed E-state index contributed by atoms with van der Waals surface area (Å²) in [4.78, 5) is 24.7. The topological polar surface area (TPSA) is 79.2 Å². The van der Waals surface area contributed by atoms with Crippen LogP contribution in [-0.4, -0.2) is 24.2 Å². The van der Waals surface area contributed by atoms with E-state index in [-0.39, 0.29) is 12.4 Å². The normalized spacial score (nSPS) is 10.0. The van der Waals surface area contributed by atoms with Crippen molar-refractivity contribution in [2.45, 2.75) is 25.2 Å². The molecule has 1 amide bonds. The van der Waals surface area contributed by atoms with E-state index in [1.807, 2.05) is 32.0 Å². The van der Waals surface area contributed by atoms with E-state index in [0.717, 1.165) is 21.6 Å². The number of carbonyl (C=O) groups is 2. The van der Waals surface area contributed by atoms with Crippen molar-refractivity contribution in [2.75, 3.05) is 17.7 Å². The molecule has 0 radical (unpaired) electrons. The average molecular weight is 368 g/mol. The van der Waals surface area contributed by atoms with Crippen molar-refractivity contribution in [1.29, 1.82) is 5.26 Å². The molecule has 0 bridgehead atoms. The van der Waals surface area contributed by atoms with Gasteiger partial charge >= 0.3 is 5.97 Å². The lowest BCUT2D eigenvalue weighted by atomic mass is 10.1. The van der Waals surface area contributed by atoms with E-state index in [1.165, 1.54) is 11.8 Å². The minimum atomic E-state index is -0.435. The zero-order chi connectivity index (χ0) is 18.9. The van der Waals surface area contributed by atoms with Gasteiger partial charge in [-0.25, -0.2) is 0 Å². The number of thioether (sulfide) groups is 1. The molecule has 0 fully saturated rings. The first-order valence-corrected chi connectivity index (χ1v) is 9.08. The molecule has 134 valence electrons. The molecule has 2 aromatic carbocycles. The number of nitrogens with one attached hydrogen (secondary N) is 1. The Morgan fingerprint density at radius 2 is 1.88 bits per heavy atom. The second-order valence-corrected chi connectivity index (χ2v) is 6.82. The average Bonchev–Trinajstić information content (AvgIpc) is 2.62. The van der Waals surface area contributed by atoms with Crippen molar-refractivity contribution < 1.29 is 14.3 Å². The van der Waals surface area contributed by atoms with Crippen LogP contribution in [0.5, 0.6) is 0 Å². The van der Waals surface area contributed by atoms with Gasteiger partial charge in [-0.2, -0.15) is 5.26 Å². The Hall–Kier alpha value is -2.78. The Labute approximate surface area is 157 Å². The van der Waals surface area contributed by atoms with Gasteiger partial charge in [0.1, 0.15) is 0 Å². The molecule has 0 aromatic heterocycles. The Balaban J connectivity index is 1.75. The van der Waals surface area contributed by atoms with Gasteiger partial charge < -0.3 is 10.1 Å². The molecule has 0 saturated carbocycles. The minimum absolute atomic E-state index is 0.153. The third kappa shape index (κ3) is 6.26. The molecule has 0 heterocycles. The maximum absolute atomic E-state index is 11.9. The SMILES string of the molecule is Cc1ccc(C)c(SCC(=O)OCC(=O)Nc2ccc(CC#N)cc2)c1. The summed E-state index contributed by atoms with van der Waals surface area (Å²) in [5.41, 5.74) is 3.70. The molecule has 2 rings (SSSR count). The molecular weight excluding hydrogens is 348 g/mol. The van der Waals surface area contributed by atoms with E-state index in [4.69, 9.17) is 10.00 Å². The number of rotatable bonds is 7. The lowest BCUT2D eigenvalue weighted by molar-refractivity contribution is -0.144. The molecule has 1 N–H and O–H groups in total. The smallest absolute Gasteiger partial charge is 0.316 e. The van der Waals surface area contributed by atoms with Gasteiger partial charge in [0.15, 0.2) is 6.61 Å². The summed E-state index contributed by atoms with van der Waals surface area (Å²) in [5, 5.41) is 11.3. The van der Waals surface area contributed by atoms with E-state index in [0.29, 0.717) is 12.1 Å². The van der Waals surface area contributed by atoms with Crippen molar-refractivity contribution in [3.63, 3.8) is 0 Å². The number of nitriles is 1. The van der Waals surface area contributed by atoms with Gasteiger partial charge in [0.25, 0.3) is 5.91 Å². The van der Waals surface area contributed by atoms with Crippen LogP contribution >= 0.6 is 11.8 Å². The number of amides is 1. The fraction of sp³-hybridized carbons (Fsp3) is 0.250. The molecule has 5 nitrogen and oxygen atoms in total. The van der Waals surface area contributed by atoms with Crippen LogP contribution in [0.25, 0.3) is 0 Å². The molecular formula is C20H20N2O3S. The van der Waals surface area contributed by atoms with E-state index >= 15 is 0 Å².